The number of aromatic nitrogens is 1. The van der Waals surface area contributed by atoms with E-state index < -0.39 is 30.8 Å². The van der Waals surface area contributed by atoms with Gasteiger partial charge in [-0.05, 0) is 18.2 Å². The smallest absolute Gasteiger partial charge is 0.387 e. The van der Waals surface area contributed by atoms with Gasteiger partial charge in [-0.25, -0.2) is 4.98 Å². The number of nitrogens with one attached hydrogen (secondary N) is 1. The number of carbonyl (C=O) groups is 2. The van der Waals surface area contributed by atoms with Crippen LogP contribution in [0.2, 0.25) is 0 Å². The number of hydrogen-bond donors (Lipinski definition) is 3. The fourth-order valence-corrected chi connectivity index (χ4v) is 1.77. The van der Waals surface area contributed by atoms with E-state index in [9.17, 15) is 23.5 Å². The molecule has 1 aromatic carbocycles. The molecule has 2 rings (SSSR count). The number of carboxylic acid groups (broad SMARTS) is 1. The molecule has 0 saturated heterocycles. The van der Waals surface area contributed by atoms with Crippen LogP contribution in [-0.2, 0) is 4.79 Å². The fraction of sp³-hybridized carbons (Fsp3) is 0.154. The van der Waals surface area contributed by atoms with Crippen molar-refractivity contribution in [1.82, 2.24) is 10.3 Å². The van der Waals surface area contributed by atoms with Crippen LogP contribution in [0.5, 0.6) is 11.5 Å². The molecule has 116 valence electrons. The molecule has 0 bridgehead atoms. The van der Waals surface area contributed by atoms with Gasteiger partial charge in [-0.3, -0.25) is 9.59 Å². The molecule has 3 N–H and O–H groups in total. The Morgan fingerprint density at radius 3 is 2.73 bits per heavy atom. The Morgan fingerprint density at radius 1 is 1.36 bits per heavy atom. The lowest BCUT2D eigenvalue weighted by atomic mass is 10.1. The van der Waals surface area contributed by atoms with Crippen LogP contribution in [0.15, 0.2) is 24.4 Å². The van der Waals surface area contributed by atoms with E-state index in [0.717, 1.165) is 0 Å². The average Bonchev–Trinajstić information content (AvgIpc) is 2.44. The number of halogens is 2. The van der Waals surface area contributed by atoms with Crippen LogP contribution in [0.3, 0.4) is 0 Å². The minimum atomic E-state index is -2.99. The molecule has 0 fully saturated rings. The molecule has 9 heteroatoms. The lowest BCUT2D eigenvalue weighted by molar-refractivity contribution is -0.135. The van der Waals surface area contributed by atoms with Gasteiger partial charge >= 0.3 is 12.6 Å². The van der Waals surface area contributed by atoms with Crippen molar-refractivity contribution < 1.29 is 33.3 Å². The highest BCUT2D eigenvalue weighted by atomic mass is 19.3. The van der Waals surface area contributed by atoms with Crippen molar-refractivity contribution in [1.29, 1.82) is 0 Å². The van der Waals surface area contributed by atoms with E-state index in [1.165, 1.54) is 24.4 Å². The first-order chi connectivity index (χ1) is 10.4. The Bertz CT molecular complexity index is 736. The normalized spacial score (nSPS) is 10.7. The molecule has 7 nitrogen and oxygen atoms in total. The van der Waals surface area contributed by atoms with E-state index >= 15 is 0 Å². The first-order valence-electron chi connectivity index (χ1n) is 5.95. The summed E-state index contributed by atoms with van der Waals surface area (Å²) in [4.78, 5) is 25.8. The number of rotatable bonds is 5. The lowest BCUT2D eigenvalue weighted by Crippen LogP contribution is -2.29. The summed E-state index contributed by atoms with van der Waals surface area (Å²) in [5.74, 6) is -2.71. The Labute approximate surface area is 122 Å². The summed E-state index contributed by atoms with van der Waals surface area (Å²) in [6, 6.07) is 3.72. The van der Waals surface area contributed by atoms with Crippen molar-refractivity contribution >= 4 is 22.6 Å². The van der Waals surface area contributed by atoms with E-state index in [0.29, 0.717) is 0 Å². The number of ether oxygens (including phenoxy) is 1. The number of aromatic hydroxyl groups is 1. The Balaban J connectivity index is 2.34. The van der Waals surface area contributed by atoms with Crippen molar-refractivity contribution in [2.45, 2.75) is 6.61 Å². The second kappa shape index (κ2) is 6.20. The topological polar surface area (TPSA) is 109 Å². The number of hydrogen-bond acceptors (Lipinski definition) is 5. The molecule has 1 amide bonds. The monoisotopic (exact) mass is 312 g/mol. The zero-order chi connectivity index (χ0) is 16.3. The maximum absolute atomic E-state index is 12.1. The molecule has 1 aromatic heterocycles. The van der Waals surface area contributed by atoms with Crippen LogP contribution in [0.1, 0.15) is 10.5 Å². The molecular weight excluding hydrogens is 302 g/mol. The Morgan fingerprint density at radius 2 is 2.09 bits per heavy atom. The van der Waals surface area contributed by atoms with E-state index in [1.54, 1.807) is 0 Å². The maximum atomic E-state index is 12.1. The number of fused-ring (bicyclic) bond motifs is 1. The summed E-state index contributed by atoms with van der Waals surface area (Å²) in [6.45, 7) is -3.61. The van der Waals surface area contributed by atoms with E-state index in [-0.39, 0.29) is 22.2 Å². The van der Waals surface area contributed by atoms with Gasteiger partial charge in [0.1, 0.15) is 12.3 Å². The van der Waals surface area contributed by atoms with Gasteiger partial charge in [-0.2, -0.15) is 8.78 Å². The van der Waals surface area contributed by atoms with Crippen molar-refractivity contribution in [3.63, 3.8) is 0 Å². The molecule has 1 heterocycles. The van der Waals surface area contributed by atoms with Gasteiger partial charge in [0, 0.05) is 17.0 Å². The first kappa shape index (κ1) is 15.4. The van der Waals surface area contributed by atoms with Gasteiger partial charge in [-0.15, -0.1) is 0 Å². The number of aliphatic carboxylic acids is 1. The molecule has 0 atom stereocenters. The van der Waals surface area contributed by atoms with Gasteiger partial charge < -0.3 is 20.3 Å². The molecule has 0 aliphatic rings. The van der Waals surface area contributed by atoms with Crippen LogP contribution >= 0.6 is 0 Å². The highest BCUT2D eigenvalue weighted by Crippen LogP contribution is 2.30. The van der Waals surface area contributed by atoms with Gasteiger partial charge in [0.15, 0.2) is 11.4 Å². The van der Waals surface area contributed by atoms with Gasteiger partial charge in [-0.1, -0.05) is 0 Å². The van der Waals surface area contributed by atoms with Crippen molar-refractivity contribution in [2.24, 2.45) is 0 Å². The van der Waals surface area contributed by atoms with Gasteiger partial charge in [0.25, 0.3) is 5.91 Å². The minimum Gasteiger partial charge on any atom is -0.505 e. The zero-order valence-electron chi connectivity index (χ0n) is 10.9. The molecule has 2 aromatic rings. The zero-order valence-corrected chi connectivity index (χ0v) is 10.9. The number of alkyl halides is 2. The van der Waals surface area contributed by atoms with Crippen molar-refractivity contribution in [2.75, 3.05) is 6.54 Å². The van der Waals surface area contributed by atoms with Crippen LogP contribution in [0.25, 0.3) is 10.8 Å². The largest absolute Gasteiger partial charge is 0.505 e. The number of carbonyl (C=O) groups excluding carboxylic acids is 1. The van der Waals surface area contributed by atoms with Crippen LogP contribution in [0, 0.1) is 0 Å². The van der Waals surface area contributed by atoms with Crippen molar-refractivity contribution in [3.8, 4) is 11.5 Å². The van der Waals surface area contributed by atoms with Crippen LogP contribution < -0.4 is 10.1 Å². The van der Waals surface area contributed by atoms with Gasteiger partial charge in [0.05, 0.1) is 0 Å². The highest BCUT2D eigenvalue weighted by Gasteiger charge is 2.17. The molecule has 0 unspecified atom stereocenters. The molecule has 0 aliphatic heterocycles. The Kier molecular flexibility index (Phi) is 4.35. The number of nitrogens with zero attached hydrogens (tertiary/aromatic N) is 1. The summed E-state index contributed by atoms with van der Waals surface area (Å²) in [6.07, 6.45) is 1.18. The summed E-state index contributed by atoms with van der Waals surface area (Å²) < 4.78 is 28.5. The van der Waals surface area contributed by atoms with E-state index in [1.807, 2.05) is 0 Å². The third-order valence-corrected chi connectivity index (χ3v) is 2.68. The third-order valence-electron chi connectivity index (χ3n) is 2.68. The molecule has 0 radical (unpaired) electrons. The average molecular weight is 312 g/mol. The molecule has 22 heavy (non-hydrogen) atoms. The lowest BCUT2D eigenvalue weighted by Gasteiger charge is -2.09. The number of pyridine rings is 1. The number of amides is 1. The van der Waals surface area contributed by atoms with Crippen LogP contribution in [-0.4, -0.2) is 40.2 Å². The summed E-state index contributed by atoms with van der Waals surface area (Å²) >= 11 is 0. The summed E-state index contributed by atoms with van der Waals surface area (Å²) in [5.41, 5.74) is -0.365. The number of benzene rings is 1. The quantitative estimate of drug-likeness (QED) is 0.769. The van der Waals surface area contributed by atoms with E-state index in [4.69, 9.17) is 5.11 Å². The van der Waals surface area contributed by atoms with Gasteiger partial charge in [0.2, 0.25) is 0 Å². The minimum absolute atomic E-state index is 0.119. The summed E-state index contributed by atoms with van der Waals surface area (Å²) in [7, 11) is 0. The number of carboxylic acids is 1. The van der Waals surface area contributed by atoms with E-state index in [2.05, 4.69) is 15.0 Å². The second-order valence-corrected chi connectivity index (χ2v) is 4.16. The highest BCUT2D eigenvalue weighted by molar-refractivity contribution is 6.02. The standard InChI is InChI=1S/C13H10F2N2O5/c14-13(15)22-7-1-2-8-6(3-7)4-16-10(11(8)20)12(21)17-5-9(18)19/h1-4,13,20H,5H2,(H,17,21)(H,18,19). The fourth-order valence-electron chi connectivity index (χ4n) is 1.77. The SMILES string of the molecule is O=C(O)CNC(=O)c1ncc2cc(OC(F)F)ccc2c1O. The maximum Gasteiger partial charge on any atom is 0.387 e. The molecule has 0 spiro atoms. The van der Waals surface area contributed by atoms with Crippen LogP contribution in [0.4, 0.5) is 8.78 Å². The first-order valence-corrected chi connectivity index (χ1v) is 5.95. The molecule has 0 saturated carbocycles. The predicted octanol–water partition coefficient (Wildman–Crippen LogP) is 1.36. The summed E-state index contributed by atoms with van der Waals surface area (Å²) in [5, 5.41) is 21.0. The predicted molar refractivity (Wildman–Crippen MR) is 70.0 cm³/mol. The molecular formula is C13H10F2N2O5. The third kappa shape index (κ3) is 3.37. The second-order valence-electron chi connectivity index (χ2n) is 4.16. The Hall–Kier alpha value is -2.97. The van der Waals surface area contributed by atoms with Crippen molar-refractivity contribution in [3.05, 3.63) is 30.1 Å². The molecule has 0 aliphatic carbocycles.